The molecule has 0 aromatic carbocycles. The summed E-state index contributed by atoms with van der Waals surface area (Å²) in [5.74, 6) is 1.35. The molecule has 1 atom stereocenters. The highest BCUT2D eigenvalue weighted by Gasteiger charge is 2.08. The number of hydrogen-bond acceptors (Lipinski definition) is 3. The van der Waals surface area contributed by atoms with Gasteiger partial charge in [0.1, 0.15) is 11.6 Å². The minimum atomic E-state index is -0.0919. The van der Waals surface area contributed by atoms with Gasteiger partial charge in [-0.2, -0.15) is 0 Å². The molecule has 0 spiro atoms. The van der Waals surface area contributed by atoms with Crippen molar-refractivity contribution >= 4 is 5.82 Å². The van der Waals surface area contributed by atoms with E-state index in [0.717, 1.165) is 19.3 Å². The second kappa shape index (κ2) is 7.09. The van der Waals surface area contributed by atoms with Crippen LogP contribution in [0.3, 0.4) is 0 Å². The zero-order valence-electron chi connectivity index (χ0n) is 11.0. The quantitative estimate of drug-likeness (QED) is 0.766. The van der Waals surface area contributed by atoms with Crippen LogP contribution in [0.15, 0.2) is 10.9 Å². The van der Waals surface area contributed by atoms with Crippen molar-refractivity contribution in [3.05, 3.63) is 22.2 Å². The number of aromatic amines is 1. The molecule has 0 radical (unpaired) electrons. The molecule has 2 N–H and O–H groups in total. The summed E-state index contributed by atoms with van der Waals surface area (Å²) in [4.78, 5) is 18.3. The molecule has 4 heteroatoms. The average Bonchev–Trinajstić information content (AvgIpc) is 2.24. The van der Waals surface area contributed by atoms with Gasteiger partial charge in [-0.3, -0.25) is 4.79 Å². The molecule has 0 saturated heterocycles. The van der Waals surface area contributed by atoms with Crippen LogP contribution in [0.2, 0.25) is 0 Å². The molecular formula is C13H23N3O. The maximum Gasteiger partial charge on any atom is 0.252 e. The molecule has 96 valence electrons. The van der Waals surface area contributed by atoms with Crippen LogP contribution >= 0.6 is 0 Å². The van der Waals surface area contributed by atoms with Crippen molar-refractivity contribution in [1.82, 2.24) is 9.97 Å². The zero-order chi connectivity index (χ0) is 12.7. The Kier molecular flexibility index (Phi) is 5.73. The zero-order valence-corrected chi connectivity index (χ0v) is 11.0. The van der Waals surface area contributed by atoms with Crippen LogP contribution in [0.1, 0.15) is 51.8 Å². The second-order valence-corrected chi connectivity index (χ2v) is 4.49. The molecule has 0 amide bonds. The molecule has 0 aliphatic heterocycles. The second-order valence-electron chi connectivity index (χ2n) is 4.49. The Hall–Kier alpha value is -1.32. The van der Waals surface area contributed by atoms with Gasteiger partial charge in [0.15, 0.2) is 0 Å². The van der Waals surface area contributed by atoms with Gasteiger partial charge in [-0.1, -0.05) is 33.1 Å². The molecule has 1 aromatic heterocycles. The topological polar surface area (TPSA) is 57.8 Å². The molecular weight excluding hydrogens is 214 g/mol. The number of nitrogens with zero attached hydrogens (tertiary/aromatic N) is 1. The van der Waals surface area contributed by atoms with Gasteiger partial charge in [-0.25, -0.2) is 4.98 Å². The van der Waals surface area contributed by atoms with Gasteiger partial charge in [-0.05, 0) is 19.8 Å². The number of aromatic nitrogens is 2. The van der Waals surface area contributed by atoms with Crippen molar-refractivity contribution in [2.24, 2.45) is 0 Å². The van der Waals surface area contributed by atoms with E-state index in [0.29, 0.717) is 17.7 Å². The number of rotatable bonds is 7. The van der Waals surface area contributed by atoms with E-state index in [1.807, 2.05) is 0 Å². The van der Waals surface area contributed by atoms with Crippen molar-refractivity contribution in [1.29, 1.82) is 0 Å². The molecule has 1 heterocycles. The van der Waals surface area contributed by atoms with E-state index in [2.05, 4.69) is 29.1 Å². The number of unbranched alkanes of at least 4 members (excludes halogenated alkanes) is 1. The molecule has 1 rings (SSSR count). The van der Waals surface area contributed by atoms with Crippen molar-refractivity contribution in [2.75, 3.05) is 5.32 Å². The molecule has 0 fully saturated rings. The van der Waals surface area contributed by atoms with E-state index in [1.165, 1.54) is 18.9 Å². The van der Waals surface area contributed by atoms with Crippen molar-refractivity contribution < 1.29 is 0 Å². The highest BCUT2D eigenvalue weighted by molar-refractivity contribution is 5.34. The van der Waals surface area contributed by atoms with Gasteiger partial charge >= 0.3 is 0 Å². The Morgan fingerprint density at radius 2 is 2.12 bits per heavy atom. The normalized spacial score (nSPS) is 12.4. The van der Waals surface area contributed by atoms with Gasteiger partial charge < -0.3 is 10.3 Å². The third kappa shape index (κ3) is 5.02. The number of anilines is 1. The highest BCUT2D eigenvalue weighted by atomic mass is 16.1. The molecule has 1 unspecified atom stereocenters. The number of nitrogens with one attached hydrogen (secondary N) is 2. The first-order valence-corrected chi connectivity index (χ1v) is 6.50. The lowest BCUT2D eigenvalue weighted by atomic mass is 10.1. The first kappa shape index (κ1) is 13.7. The summed E-state index contributed by atoms with van der Waals surface area (Å²) in [6, 6.07) is 1.95. The van der Waals surface area contributed by atoms with E-state index in [-0.39, 0.29) is 5.56 Å². The third-order valence-electron chi connectivity index (χ3n) is 2.76. The molecule has 17 heavy (non-hydrogen) atoms. The van der Waals surface area contributed by atoms with Crippen molar-refractivity contribution in [3.63, 3.8) is 0 Å². The van der Waals surface area contributed by atoms with Crippen LogP contribution in [-0.2, 0) is 0 Å². The van der Waals surface area contributed by atoms with Gasteiger partial charge in [0, 0.05) is 12.1 Å². The summed E-state index contributed by atoms with van der Waals surface area (Å²) in [7, 11) is 0. The lowest BCUT2D eigenvalue weighted by Gasteiger charge is -2.18. The number of aryl methyl sites for hydroxylation is 1. The molecule has 0 bridgehead atoms. The predicted molar refractivity (Wildman–Crippen MR) is 71.4 cm³/mol. The number of H-pyrrole nitrogens is 1. The average molecular weight is 237 g/mol. The van der Waals surface area contributed by atoms with Crippen LogP contribution in [-0.4, -0.2) is 16.0 Å². The largest absolute Gasteiger partial charge is 0.367 e. The number of hydrogen-bond donors (Lipinski definition) is 2. The Morgan fingerprint density at radius 1 is 1.35 bits per heavy atom. The van der Waals surface area contributed by atoms with E-state index in [4.69, 9.17) is 0 Å². The van der Waals surface area contributed by atoms with Crippen LogP contribution in [0, 0.1) is 6.92 Å². The fraction of sp³-hybridized carbons (Fsp3) is 0.692. The van der Waals surface area contributed by atoms with E-state index >= 15 is 0 Å². The smallest absolute Gasteiger partial charge is 0.252 e. The summed E-state index contributed by atoms with van der Waals surface area (Å²) in [5, 5.41) is 3.37. The maximum absolute atomic E-state index is 11.3. The summed E-state index contributed by atoms with van der Waals surface area (Å²) in [6.45, 7) is 6.17. The predicted octanol–water partition coefficient (Wildman–Crippen LogP) is 2.85. The van der Waals surface area contributed by atoms with E-state index in [9.17, 15) is 4.79 Å². The summed E-state index contributed by atoms with van der Waals surface area (Å²) < 4.78 is 0. The molecule has 4 nitrogen and oxygen atoms in total. The van der Waals surface area contributed by atoms with E-state index < -0.39 is 0 Å². The van der Waals surface area contributed by atoms with Gasteiger partial charge in [0.2, 0.25) is 0 Å². The minimum absolute atomic E-state index is 0.0919. The Bertz CT molecular complexity index is 386. The minimum Gasteiger partial charge on any atom is -0.367 e. The SMILES string of the molecule is CCCCC(CCC)Nc1cc(=O)[nH]c(C)n1. The molecule has 0 aliphatic carbocycles. The van der Waals surface area contributed by atoms with Crippen molar-refractivity contribution in [3.8, 4) is 0 Å². The van der Waals surface area contributed by atoms with Gasteiger partial charge in [0.25, 0.3) is 5.56 Å². The Morgan fingerprint density at radius 3 is 2.71 bits per heavy atom. The lowest BCUT2D eigenvalue weighted by Crippen LogP contribution is -2.22. The van der Waals surface area contributed by atoms with Gasteiger partial charge in [-0.15, -0.1) is 0 Å². The highest BCUT2D eigenvalue weighted by Crippen LogP contribution is 2.12. The summed E-state index contributed by atoms with van der Waals surface area (Å²) in [6.07, 6.45) is 5.80. The standard InChI is InChI=1S/C13H23N3O/c1-4-6-8-11(7-5-2)16-12-9-13(17)15-10(3)14-12/h9,11H,4-8H2,1-3H3,(H2,14,15,16,17). The first-order chi connectivity index (χ1) is 8.15. The monoisotopic (exact) mass is 237 g/mol. The molecule has 1 aromatic rings. The fourth-order valence-electron chi connectivity index (χ4n) is 1.95. The van der Waals surface area contributed by atoms with Crippen LogP contribution in [0.5, 0.6) is 0 Å². The van der Waals surface area contributed by atoms with Crippen LogP contribution in [0.4, 0.5) is 5.82 Å². The summed E-state index contributed by atoms with van der Waals surface area (Å²) in [5.41, 5.74) is -0.0919. The van der Waals surface area contributed by atoms with Crippen molar-refractivity contribution in [2.45, 2.75) is 58.9 Å². The maximum atomic E-state index is 11.3. The fourth-order valence-corrected chi connectivity index (χ4v) is 1.95. The third-order valence-corrected chi connectivity index (χ3v) is 2.76. The molecule has 0 aliphatic rings. The lowest BCUT2D eigenvalue weighted by molar-refractivity contribution is 0.562. The summed E-state index contributed by atoms with van der Waals surface area (Å²) >= 11 is 0. The molecule has 0 saturated carbocycles. The van der Waals surface area contributed by atoms with Crippen LogP contribution in [0.25, 0.3) is 0 Å². The Balaban J connectivity index is 2.67. The van der Waals surface area contributed by atoms with E-state index in [1.54, 1.807) is 6.92 Å². The first-order valence-electron chi connectivity index (χ1n) is 6.50. The Labute approximate surface area is 103 Å². The van der Waals surface area contributed by atoms with Crippen LogP contribution < -0.4 is 10.9 Å². The van der Waals surface area contributed by atoms with Gasteiger partial charge in [0.05, 0.1) is 0 Å².